The predicted molar refractivity (Wildman–Crippen MR) is 89.4 cm³/mol. The van der Waals surface area contributed by atoms with Crippen molar-refractivity contribution in [3.63, 3.8) is 0 Å². The molecule has 0 bridgehead atoms. The maximum Gasteiger partial charge on any atom is 0.238 e. The van der Waals surface area contributed by atoms with Crippen LogP contribution in [0.4, 0.5) is 15.8 Å². The van der Waals surface area contributed by atoms with Gasteiger partial charge >= 0.3 is 0 Å². The summed E-state index contributed by atoms with van der Waals surface area (Å²) in [7, 11) is 1.56. The van der Waals surface area contributed by atoms with Gasteiger partial charge in [0, 0.05) is 0 Å². The Kier molecular flexibility index (Phi) is 5.86. The SMILES string of the molecule is COc1ccc(CC(=O)Nc2ccc(F)cc2NC(=O)CN)cc1. The Morgan fingerprint density at radius 1 is 1.04 bits per heavy atom. The Bertz CT molecular complexity index is 732. The minimum absolute atomic E-state index is 0.131. The van der Waals surface area contributed by atoms with Crippen molar-refractivity contribution in [2.24, 2.45) is 5.73 Å². The van der Waals surface area contributed by atoms with Gasteiger partial charge < -0.3 is 21.1 Å². The van der Waals surface area contributed by atoms with Crippen LogP contribution in [0.15, 0.2) is 42.5 Å². The number of ether oxygens (including phenoxy) is 1. The second kappa shape index (κ2) is 8.07. The second-order valence-electron chi connectivity index (χ2n) is 5.02. The van der Waals surface area contributed by atoms with Crippen LogP contribution in [0.3, 0.4) is 0 Å². The molecule has 7 heteroatoms. The summed E-state index contributed by atoms with van der Waals surface area (Å²) in [5.74, 6) is -0.610. The number of amides is 2. The Labute approximate surface area is 138 Å². The van der Waals surface area contributed by atoms with Crippen molar-refractivity contribution in [1.29, 1.82) is 0 Å². The Hall–Kier alpha value is -2.93. The standard InChI is InChI=1S/C17H18FN3O3/c1-24-13-5-2-11(3-6-13)8-16(22)20-14-7-4-12(18)9-15(14)21-17(23)10-19/h2-7,9H,8,10,19H2,1H3,(H,20,22)(H,21,23). The third kappa shape index (κ3) is 4.79. The van der Waals surface area contributed by atoms with Crippen molar-refractivity contribution in [2.45, 2.75) is 6.42 Å². The molecule has 0 saturated heterocycles. The summed E-state index contributed by atoms with van der Waals surface area (Å²) in [5, 5.41) is 5.10. The van der Waals surface area contributed by atoms with Gasteiger partial charge in [-0.3, -0.25) is 9.59 Å². The molecular weight excluding hydrogens is 313 g/mol. The third-order valence-corrected chi connectivity index (χ3v) is 3.24. The summed E-state index contributed by atoms with van der Waals surface area (Å²) in [5.41, 5.74) is 6.49. The quantitative estimate of drug-likeness (QED) is 0.754. The fourth-order valence-corrected chi connectivity index (χ4v) is 2.05. The van der Waals surface area contributed by atoms with Crippen LogP contribution in [0.1, 0.15) is 5.56 Å². The molecule has 0 saturated carbocycles. The lowest BCUT2D eigenvalue weighted by atomic mass is 10.1. The second-order valence-corrected chi connectivity index (χ2v) is 5.02. The van der Waals surface area contributed by atoms with Crippen LogP contribution < -0.4 is 21.1 Å². The number of nitrogens with two attached hydrogens (primary N) is 1. The molecule has 0 aliphatic rings. The number of benzene rings is 2. The van der Waals surface area contributed by atoms with Crippen LogP contribution in [-0.4, -0.2) is 25.5 Å². The minimum Gasteiger partial charge on any atom is -0.497 e. The van der Waals surface area contributed by atoms with E-state index >= 15 is 0 Å². The molecule has 2 rings (SSSR count). The van der Waals surface area contributed by atoms with Gasteiger partial charge in [0.2, 0.25) is 11.8 Å². The zero-order valence-corrected chi connectivity index (χ0v) is 13.1. The molecule has 126 valence electrons. The molecule has 0 unspecified atom stereocenters. The number of methoxy groups -OCH3 is 1. The first-order chi connectivity index (χ1) is 11.5. The molecular formula is C17H18FN3O3. The molecule has 6 nitrogen and oxygen atoms in total. The number of carbonyl (C=O) groups excluding carboxylic acids is 2. The zero-order valence-electron chi connectivity index (χ0n) is 13.1. The van der Waals surface area contributed by atoms with Gasteiger partial charge in [0.25, 0.3) is 0 Å². The van der Waals surface area contributed by atoms with E-state index in [1.807, 2.05) is 0 Å². The normalized spacial score (nSPS) is 10.1. The average Bonchev–Trinajstić information content (AvgIpc) is 2.58. The number of anilines is 2. The van der Waals surface area contributed by atoms with E-state index in [0.717, 1.165) is 11.6 Å². The van der Waals surface area contributed by atoms with Gasteiger partial charge in [-0.15, -0.1) is 0 Å². The van der Waals surface area contributed by atoms with Gasteiger partial charge in [0.05, 0.1) is 31.5 Å². The van der Waals surface area contributed by atoms with Gasteiger partial charge in [-0.1, -0.05) is 12.1 Å². The van der Waals surface area contributed by atoms with E-state index in [9.17, 15) is 14.0 Å². The first kappa shape index (κ1) is 17.4. The van der Waals surface area contributed by atoms with E-state index in [4.69, 9.17) is 10.5 Å². The highest BCUT2D eigenvalue weighted by Crippen LogP contribution is 2.23. The molecule has 0 atom stereocenters. The molecule has 0 aromatic heterocycles. The topological polar surface area (TPSA) is 93.5 Å². The van der Waals surface area contributed by atoms with Gasteiger partial charge in [0.1, 0.15) is 11.6 Å². The highest BCUT2D eigenvalue weighted by molar-refractivity contribution is 6.00. The average molecular weight is 331 g/mol. The number of nitrogens with one attached hydrogen (secondary N) is 2. The molecule has 2 amide bonds. The van der Waals surface area contributed by atoms with Gasteiger partial charge in [0.15, 0.2) is 0 Å². The Morgan fingerprint density at radius 2 is 1.71 bits per heavy atom. The molecule has 0 radical (unpaired) electrons. The third-order valence-electron chi connectivity index (χ3n) is 3.24. The molecule has 2 aromatic rings. The van der Waals surface area contributed by atoms with Crippen molar-refractivity contribution in [1.82, 2.24) is 0 Å². The lowest BCUT2D eigenvalue weighted by molar-refractivity contribution is -0.116. The summed E-state index contributed by atoms with van der Waals surface area (Å²) in [6.07, 6.45) is 0.131. The molecule has 24 heavy (non-hydrogen) atoms. The van der Waals surface area contributed by atoms with Crippen LogP contribution in [0.25, 0.3) is 0 Å². The monoisotopic (exact) mass is 331 g/mol. The molecule has 4 N–H and O–H groups in total. The van der Waals surface area contributed by atoms with Crippen molar-refractivity contribution in [3.05, 3.63) is 53.8 Å². The van der Waals surface area contributed by atoms with Crippen LogP contribution >= 0.6 is 0 Å². The first-order valence-electron chi connectivity index (χ1n) is 7.24. The fraction of sp³-hybridized carbons (Fsp3) is 0.176. The smallest absolute Gasteiger partial charge is 0.238 e. The maximum absolute atomic E-state index is 13.4. The van der Waals surface area contributed by atoms with Crippen molar-refractivity contribution in [2.75, 3.05) is 24.3 Å². The fourth-order valence-electron chi connectivity index (χ4n) is 2.05. The van der Waals surface area contributed by atoms with E-state index in [2.05, 4.69) is 10.6 Å². The van der Waals surface area contributed by atoms with Crippen LogP contribution in [-0.2, 0) is 16.0 Å². The van der Waals surface area contributed by atoms with Crippen LogP contribution in [0.5, 0.6) is 5.75 Å². The molecule has 0 heterocycles. The predicted octanol–water partition coefficient (Wildman–Crippen LogP) is 1.91. The van der Waals surface area contributed by atoms with Gasteiger partial charge in [-0.05, 0) is 35.9 Å². The number of carbonyl (C=O) groups is 2. The van der Waals surface area contributed by atoms with E-state index in [-0.39, 0.29) is 24.6 Å². The van der Waals surface area contributed by atoms with E-state index in [1.165, 1.54) is 12.1 Å². The summed E-state index contributed by atoms with van der Waals surface area (Å²) >= 11 is 0. The first-order valence-corrected chi connectivity index (χ1v) is 7.24. The van der Waals surface area contributed by atoms with Crippen molar-refractivity contribution >= 4 is 23.2 Å². The van der Waals surface area contributed by atoms with Gasteiger partial charge in [-0.25, -0.2) is 4.39 Å². The van der Waals surface area contributed by atoms with Crippen LogP contribution in [0.2, 0.25) is 0 Å². The summed E-state index contributed by atoms with van der Waals surface area (Å²) in [4.78, 5) is 23.6. The van der Waals surface area contributed by atoms with Gasteiger partial charge in [-0.2, -0.15) is 0 Å². The lowest BCUT2D eigenvalue weighted by Gasteiger charge is -2.12. The molecule has 0 fully saturated rings. The summed E-state index contributed by atoms with van der Waals surface area (Å²) in [6.45, 7) is -0.240. The minimum atomic E-state index is -0.532. The lowest BCUT2D eigenvalue weighted by Crippen LogP contribution is -2.23. The number of halogens is 1. The summed E-state index contributed by atoms with van der Waals surface area (Å²) in [6, 6.07) is 10.8. The molecule has 0 aliphatic heterocycles. The number of hydrogen-bond donors (Lipinski definition) is 3. The highest BCUT2D eigenvalue weighted by Gasteiger charge is 2.11. The molecule has 2 aromatic carbocycles. The summed E-state index contributed by atoms with van der Waals surface area (Å²) < 4.78 is 18.4. The molecule has 0 spiro atoms. The zero-order chi connectivity index (χ0) is 17.5. The maximum atomic E-state index is 13.4. The number of rotatable bonds is 6. The molecule has 0 aliphatic carbocycles. The van der Waals surface area contributed by atoms with Crippen molar-refractivity contribution < 1.29 is 18.7 Å². The van der Waals surface area contributed by atoms with E-state index < -0.39 is 11.7 Å². The van der Waals surface area contributed by atoms with E-state index in [1.54, 1.807) is 31.4 Å². The highest BCUT2D eigenvalue weighted by atomic mass is 19.1. The number of hydrogen-bond acceptors (Lipinski definition) is 4. The Morgan fingerprint density at radius 3 is 2.33 bits per heavy atom. The largest absolute Gasteiger partial charge is 0.497 e. The Balaban J connectivity index is 2.08. The van der Waals surface area contributed by atoms with Crippen LogP contribution in [0, 0.1) is 5.82 Å². The van der Waals surface area contributed by atoms with E-state index in [0.29, 0.717) is 11.4 Å². The van der Waals surface area contributed by atoms with Crippen molar-refractivity contribution in [3.8, 4) is 5.75 Å².